The van der Waals surface area contributed by atoms with Gasteiger partial charge in [-0.3, -0.25) is 4.79 Å². The molecule has 0 unspecified atom stereocenters. The average molecular weight is 316 g/mol. The Morgan fingerprint density at radius 1 is 1.05 bits per heavy atom. The molecule has 1 aromatic heterocycles. The van der Waals surface area contributed by atoms with E-state index < -0.39 is 14.4 Å². The van der Waals surface area contributed by atoms with Crippen molar-refractivity contribution in [2.75, 3.05) is 0 Å². The van der Waals surface area contributed by atoms with Crippen LogP contribution in [0.5, 0.6) is 0 Å². The fourth-order valence-electron chi connectivity index (χ4n) is 2.69. The summed E-state index contributed by atoms with van der Waals surface area (Å²) in [5.41, 5.74) is 0.662. The number of carbonyl (C=O) groups is 1. The molecular formula is C18H24O3Si. The molecule has 0 bridgehead atoms. The van der Waals surface area contributed by atoms with Crippen molar-refractivity contribution in [1.82, 2.24) is 0 Å². The summed E-state index contributed by atoms with van der Waals surface area (Å²) in [6.07, 6.45) is 0.959. The highest BCUT2D eigenvalue weighted by Crippen LogP contribution is 2.32. The van der Waals surface area contributed by atoms with E-state index in [0.717, 1.165) is 18.1 Å². The summed E-state index contributed by atoms with van der Waals surface area (Å²) in [6.45, 7) is 6.47. The van der Waals surface area contributed by atoms with Crippen LogP contribution in [0.4, 0.5) is 0 Å². The zero-order valence-corrected chi connectivity index (χ0v) is 14.5. The average Bonchev–Trinajstić information content (AvgIpc) is 3.11. The lowest BCUT2D eigenvalue weighted by Gasteiger charge is -2.31. The monoisotopic (exact) mass is 316 g/mol. The van der Waals surface area contributed by atoms with Gasteiger partial charge in [-0.05, 0) is 30.3 Å². The first kappa shape index (κ1) is 16.7. The molecule has 3 nitrogen and oxygen atoms in total. The molecule has 22 heavy (non-hydrogen) atoms. The number of hydrogen-bond acceptors (Lipinski definition) is 3. The normalized spacial score (nSPS) is 13.0. The molecule has 0 saturated heterocycles. The standard InChI is InChI=1S/C18H24O3Si/c1-4-22(5-2,6-3)21-18(16-13-10-14-20-16)17(19)15-11-8-7-9-12-15/h7-14,18H,4-6H2,1-3H3/t18-/m0/s1. The first-order valence-electron chi connectivity index (χ1n) is 7.96. The molecule has 0 spiro atoms. The molecule has 2 aromatic rings. The Labute approximate surface area is 133 Å². The van der Waals surface area contributed by atoms with Crippen LogP contribution in [0, 0.1) is 0 Å². The van der Waals surface area contributed by atoms with Crippen LogP contribution < -0.4 is 0 Å². The lowest BCUT2D eigenvalue weighted by atomic mass is 10.1. The molecule has 2 rings (SSSR count). The lowest BCUT2D eigenvalue weighted by molar-refractivity contribution is 0.0732. The fourth-order valence-corrected chi connectivity index (χ4v) is 5.41. The van der Waals surface area contributed by atoms with Crippen molar-refractivity contribution < 1.29 is 13.6 Å². The summed E-state index contributed by atoms with van der Waals surface area (Å²) in [5.74, 6) is 0.573. The van der Waals surface area contributed by atoms with Crippen LogP contribution in [0.1, 0.15) is 43.0 Å². The molecule has 0 saturated carbocycles. The minimum Gasteiger partial charge on any atom is -0.466 e. The Morgan fingerprint density at radius 3 is 2.18 bits per heavy atom. The zero-order valence-electron chi connectivity index (χ0n) is 13.5. The molecule has 1 aromatic carbocycles. The van der Waals surface area contributed by atoms with Gasteiger partial charge in [-0.25, -0.2) is 0 Å². The fraction of sp³-hybridized carbons (Fsp3) is 0.389. The number of hydrogen-bond donors (Lipinski definition) is 0. The Morgan fingerprint density at radius 2 is 1.68 bits per heavy atom. The summed E-state index contributed by atoms with van der Waals surface area (Å²) >= 11 is 0. The molecule has 0 aliphatic rings. The van der Waals surface area contributed by atoms with Crippen molar-refractivity contribution in [3.8, 4) is 0 Å². The van der Waals surface area contributed by atoms with E-state index in [-0.39, 0.29) is 5.78 Å². The molecule has 1 atom stereocenters. The predicted octanol–water partition coefficient (Wildman–Crippen LogP) is 5.23. The minimum atomic E-state index is -1.91. The van der Waals surface area contributed by atoms with Gasteiger partial charge in [0.2, 0.25) is 0 Å². The van der Waals surface area contributed by atoms with Gasteiger partial charge < -0.3 is 8.84 Å². The molecule has 0 amide bonds. The van der Waals surface area contributed by atoms with Crippen LogP contribution in [0.15, 0.2) is 53.1 Å². The summed E-state index contributed by atoms with van der Waals surface area (Å²) in [5, 5.41) is 0. The number of carbonyl (C=O) groups excluding carboxylic acids is 1. The second-order valence-electron chi connectivity index (χ2n) is 5.49. The van der Waals surface area contributed by atoms with Crippen molar-refractivity contribution >= 4 is 14.1 Å². The van der Waals surface area contributed by atoms with Gasteiger partial charge in [0.05, 0.1) is 6.26 Å². The second-order valence-corrected chi connectivity index (χ2v) is 10.2. The minimum absolute atomic E-state index is 0.0252. The third-order valence-electron chi connectivity index (χ3n) is 4.40. The van der Waals surface area contributed by atoms with E-state index in [2.05, 4.69) is 20.8 Å². The van der Waals surface area contributed by atoms with Gasteiger partial charge in [-0.2, -0.15) is 0 Å². The molecule has 0 aliphatic carbocycles. The Kier molecular flexibility index (Phi) is 5.74. The van der Waals surface area contributed by atoms with Crippen LogP contribution in [-0.4, -0.2) is 14.1 Å². The van der Waals surface area contributed by atoms with E-state index in [9.17, 15) is 4.79 Å². The Hall–Kier alpha value is -1.65. The first-order chi connectivity index (χ1) is 10.7. The highest BCUT2D eigenvalue weighted by molar-refractivity contribution is 6.73. The molecule has 0 radical (unpaired) electrons. The van der Waals surface area contributed by atoms with E-state index in [1.807, 2.05) is 36.4 Å². The van der Waals surface area contributed by atoms with Gasteiger partial charge >= 0.3 is 0 Å². The third-order valence-corrected chi connectivity index (χ3v) is 9.00. The number of Topliss-reactive ketones (excluding diaryl/α,β-unsaturated/α-hetero) is 1. The van der Waals surface area contributed by atoms with E-state index in [0.29, 0.717) is 11.3 Å². The van der Waals surface area contributed by atoms with Gasteiger partial charge in [0, 0.05) is 5.56 Å². The maximum Gasteiger partial charge on any atom is 0.198 e. The zero-order chi connectivity index (χ0) is 16.0. The third kappa shape index (κ3) is 3.57. The molecule has 118 valence electrons. The van der Waals surface area contributed by atoms with E-state index in [1.54, 1.807) is 12.3 Å². The predicted molar refractivity (Wildman–Crippen MR) is 90.5 cm³/mol. The number of benzene rings is 1. The van der Waals surface area contributed by atoms with Gasteiger partial charge in [0.25, 0.3) is 0 Å². The second kappa shape index (κ2) is 7.56. The first-order valence-corrected chi connectivity index (χ1v) is 10.5. The van der Waals surface area contributed by atoms with Crippen LogP contribution in [-0.2, 0) is 4.43 Å². The highest BCUT2D eigenvalue weighted by atomic mass is 28.4. The van der Waals surface area contributed by atoms with Crippen LogP contribution in [0.3, 0.4) is 0 Å². The van der Waals surface area contributed by atoms with Crippen molar-refractivity contribution in [1.29, 1.82) is 0 Å². The Bertz CT molecular complexity index is 565. The van der Waals surface area contributed by atoms with Crippen LogP contribution in [0.25, 0.3) is 0 Å². The maximum absolute atomic E-state index is 12.9. The van der Waals surface area contributed by atoms with Gasteiger partial charge in [0.15, 0.2) is 20.2 Å². The maximum atomic E-state index is 12.9. The topological polar surface area (TPSA) is 39.4 Å². The van der Waals surface area contributed by atoms with Crippen LogP contribution >= 0.6 is 0 Å². The SMILES string of the molecule is CC[Si](CC)(CC)O[C@H](C(=O)c1ccccc1)c1ccco1. The van der Waals surface area contributed by atoms with Crippen LogP contribution in [0.2, 0.25) is 18.1 Å². The van der Waals surface area contributed by atoms with Crippen molar-refractivity contribution in [3.05, 3.63) is 60.1 Å². The van der Waals surface area contributed by atoms with Crippen molar-refractivity contribution in [2.45, 2.75) is 45.0 Å². The number of furan rings is 1. The summed E-state index contributed by atoms with van der Waals surface area (Å²) in [4.78, 5) is 12.9. The summed E-state index contributed by atoms with van der Waals surface area (Å²) in [7, 11) is -1.91. The quantitative estimate of drug-likeness (QED) is 0.495. The van der Waals surface area contributed by atoms with Gasteiger partial charge in [0.1, 0.15) is 5.76 Å². The van der Waals surface area contributed by atoms with Crippen molar-refractivity contribution in [2.24, 2.45) is 0 Å². The van der Waals surface area contributed by atoms with Gasteiger partial charge in [-0.1, -0.05) is 51.1 Å². The molecule has 1 heterocycles. The molecular weight excluding hydrogens is 292 g/mol. The molecule has 0 N–H and O–H groups in total. The Balaban J connectivity index is 2.34. The lowest BCUT2D eigenvalue weighted by Crippen LogP contribution is -2.39. The van der Waals surface area contributed by atoms with E-state index in [4.69, 9.17) is 8.84 Å². The van der Waals surface area contributed by atoms with E-state index >= 15 is 0 Å². The van der Waals surface area contributed by atoms with Crippen molar-refractivity contribution in [3.63, 3.8) is 0 Å². The number of ketones is 1. The highest BCUT2D eigenvalue weighted by Gasteiger charge is 2.36. The summed E-state index contributed by atoms with van der Waals surface area (Å²) < 4.78 is 11.9. The number of rotatable bonds is 8. The largest absolute Gasteiger partial charge is 0.466 e. The molecule has 4 heteroatoms. The van der Waals surface area contributed by atoms with Gasteiger partial charge in [-0.15, -0.1) is 0 Å². The molecule has 0 fully saturated rings. The summed E-state index contributed by atoms with van der Waals surface area (Å²) in [6, 6.07) is 15.9. The van der Waals surface area contributed by atoms with E-state index in [1.165, 1.54) is 0 Å². The smallest absolute Gasteiger partial charge is 0.198 e. The molecule has 0 aliphatic heterocycles.